The third kappa shape index (κ3) is 4.23. The van der Waals surface area contributed by atoms with Crippen LogP contribution in [0.1, 0.15) is 16.2 Å². The lowest BCUT2D eigenvalue weighted by Crippen LogP contribution is -2.30. The molecule has 9 nitrogen and oxygen atoms in total. The van der Waals surface area contributed by atoms with Crippen molar-refractivity contribution in [1.29, 1.82) is 0 Å². The fourth-order valence-corrected chi connectivity index (χ4v) is 4.15. The zero-order valence-electron chi connectivity index (χ0n) is 17.3. The Bertz CT molecular complexity index is 1320. The number of benzene rings is 2. The van der Waals surface area contributed by atoms with Gasteiger partial charge in [0.05, 0.1) is 23.7 Å². The minimum Gasteiger partial charge on any atom is -0.329 e. The van der Waals surface area contributed by atoms with E-state index < -0.39 is 11.9 Å². The predicted octanol–water partition coefficient (Wildman–Crippen LogP) is 3.30. The molecule has 5 rings (SSSR count). The second kappa shape index (κ2) is 8.67. The van der Waals surface area contributed by atoms with E-state index in [0.29, 0.717) is 17.1 Å². The van der Waals surface area contributed by atoms with Crippen LogP contribution in [0.15, 0.2) is 72.1 Å². The third-order valence-corrected chi connectivity index (χ3v) is 5.88. The molecule has 4 amide bonds. The summed E-state index contributed by atoms with van der Waals surface area (Å²) in [6.07, 6.45) is 0. The molecule has 0 radical (unpaired) electrons. The van der Waals surface area contributed by atoms with Gasteiger partial charge in [0.15, 0.2) is 5.82 Å². The lowest BCUT2D eigenvalue weighted by molar-refractivity contribution is -0.125. The second-order valence-electron chi connectivity index (χ2n) is 7.28. The number of anilines is 1. The average molecular weight is 459 g/mol. The molecule has 0 atom stereocenters. The maximum absolute atomic E-state index is 13.0. The fraction of sp³-hybridized carbons (Fsp3) is 0.0870. The standard InChI is InChI=1S/C23H18N6O3S/c30-19-13-24-23(32)28(19)14-15-6-4-7-16(12-15)25-22(31)20-26-21(18-10-5-11-33-18)29(27-20)17-8-2-1-3-9-17/h1-12H,13-14H2,(H,24,32)(H,25,31). The van der Waals surface area contributed by atoms with E-state index >= 15 is 0 Å². The monoisotopic (exact) mass is 458 g/mol. The molecular weight excluding hydrogens is 440 g/mol. The van der Waals surface area contributed by atoms with Gasteiger partial charge in [0.25, 0.3) is 5.91 Å². The van der Waals surface area contributed by atoms with Crippen molar-refractivity contribution >= 4 is 34.9 Å². The van der Waals surface area contributed by atoms with Crippen molar-refractivity contribution in [2.24, 2.45) is 0 Å². The van der Waals surface area contributed by atoms with Crippen molar-refractivity contribution in [3.05, 3.63) is 83.5 Å². The van der Waals surface area contributed by atoms with Crippen LogP contribution in [0.25, 0.3) is 16.4 Å². The summed E-state index contributed by atoms with van der Waals surface area (Å²) >= 11 is 1.51. The van der Waals surface area contributed by atoms with Gasteiger partial charge in [-0.25, -0.2) is 14.5 Å². The molecule has 1 fully saturated rings. The number of aromatic nitrogens is 3. The molecular formula is C23H18N6O3S. The summed E-state index contributed by atoms with van der Waals surface area (Å²) in [4.78, 5) is 43.1. The van der Waals surface area contributed by atoms with E-state index in [4.69, 9.17) is 0 Å². The summed E-state index contributed by atoms with van der Waals surface area (Å²) in [7, 11) is 0. The van der Waals surface area contributed by atoms with Crippen LogP contribution in [0.2, 0.25) is 0 Å². The largest absolute Gasteiger partial charge is 0.329 e. The number of para-hydroxylation sites is 1. The zero-order valence-corrected chi connectivity index (χ0v) is 18.1. The number of urea groups is 1. The van der Waals surface area contributed by atoms with Gasteiger partial charge in [0, 0.05) is 5.69 Å². The maximum atomic E-state index is 13.0. The minimum atomic E-state index is -0.463. The van der Waals surface area contributed by atoms with Gasteiger partial charge >= 0.3 is 6.03 Å². The molecule has 0 aliphatic carbocycles. The van der Waals surface area contributed by atoms with E-state index in [0.717, 1.165) is 15.5 Å². The maximum Gasteiger partial charge on any atom is 0.324 e. The number of rotatable bonds is 6. The first-order valence-electron chi connectivity index (χ1n) is 10.1. The Labute approximate surface area is 192 Å². The van der Waals surface area contributed by atoms with Gasteiger partial charge in [-0.1, -0.05) is 36.4 Å². The number of carbonyl (C=O) groups is 3. The molecule has 0 unspecified atom stereocenters. The SMILES string of the molecule is O=C(Nc1cccc(CN2C(=O)CNC2=O)c1)c1nc(-c2cccs2)n(-c2ccccc2)n1. The van der Waals surface area contributed by atoms with E-state index in [1.54, 1.807) is 28.9 Å². The van der Waals surface area contributed by atoms with E-state index in [-0.39, 0.29) is 24.8 Å². The second-order valence-corrected chi connectivity index (χ2v) is 8.22. The number of imide groups is 1. The van der Waals surface area contributed by atoms with Crippen LogP contribution < -0.4 is 10.6 Å². The van der Waals surface area contributed by atoms with E-state index in [1.165, 1.54) is 11.3 Å². The minimum absolute atomic E-state index is 0.00240. The fourth-order valence-electron chi connectivity index (χ4n) is 3.46. The zero-order chi connectivity index (χ0) is 22.8. The van der Waals surface area contributed by atoms with Crippen molar-refractivity contribution in [2.75, 3.05) is 11.9 Å². The van der Waals surface area contributed by atoms with Crippen molar-refractivity contribution in [3.8, 4) is 16.4 Å². The first-order chi connectivity index (χ1) is 16.1. The lowest BCUT2D eigenvalue weighted by atomic mass is 10.2. The van der Waals surface area contributed by atoms with Crippen molar-refractivity contribution in [2.45, 2.75) is 6.54 Å². The number of hydrogen-bond acceptors (Lipinski definition) is 6. The van der Waals surface area contributed by atoms with Crippen LogP contribution in [-0.4, -0.2) is 44.1 Å². The molecule has 10 heteroatoms. The van der Waals surface area contributed by atoms with E-state index in [9.17, 15) is 14.4 Å². The highest BCUT2D eigenvalue weighted by atomic mass is 32.1. The summed E-state index contributed by atoms with van der Waals surface area (Å²) in [5, 5.41) is 11.7. The molecule has 2 N–H and O–H groups in total. The topological polar surface area (TPSA) is 109 Å². The number of hydrogen-bond donors (Lipinski definition) is 2. The van der Waals surface area contributed by atoms with E-state index in [2.05, 4.69) is 20.7 Å². The van der Waals surface area contributed by atoms with Crippen LogP contribution in [0.4, 0.5) is 10.5 Å². The number of thiophene rings is 1. The Morgan fingerprint density at radius 3 is 2.64 bits per heavy atom. The predicted molar refractivity (Wildman–Crippen MR) is 123 cm³/mol. The number of amides is 4. The summed E-state index contributed by atoms with van der Waals surface area (Å²) < 4.78 is 1.65. The van der Waals surface area contributed by atoms with Crippen LogP contribution in [0.5, 0.6) is 0 Å². The Kier molecular flexibility index (Phi) is 5.41. The molecule has 2 aromatic heterocycles. The highest BCUT2D eigenvalue weighted by molar-refractivity contribution is 7.13. The summed E-state index contributed by atoms with van der Waals surface area (Å²) in [6, 6.07) is 19.9. The summed E-state index contributed by atoms with van der Waals surface area (Å²) in [5.41, 5.74) is 2.02. The van der Waals surface area contributed by atoms with Crippen LogP contribution in [-0.2, 0) is 11.3 Å². The smallest absolute Gasteiger partial charge is 0.324 e. The highest BCUT2D eigenvalue weighted by Crippen LogP contribution is 2.26. The van der Waals surface area contributed by atoms with Gasteiger partial charge < -0.3 is 10.6 Å². The van der Waals surface area contributed by atoms with Crippen LogP contribution in [0, 0.1) is 0 Å². The highest BCUT2D eigenvalue weighted by Gasteiger charge is 2.28. The van der Waals surface area contributed by atoms with Crippen molar-refractivity contribution in [1.82, 2.24) is 25.0 Å². The molecule has 1 aliphatic heterocycles. The van der Waals surface area contributed by atoms with Gasteiger partial charge in [-0.3, -0.25) is 14.5 Å². The van der Waals surface area contributed by atoms with Crippen LogP contribution in [0.3, 0.4) is 0 Å². The van der Waals surface area contributed by atoms with Crippen molar-refractivity contribution in [3.63, 3.8) is 0 Å². The molecule has 33 heavy (non-hydrogen) atoms. The van der Waals surface area contributed by atoms with Crippen LogP contribution >= 0.6 is 11.3 Å². The van der Waals surface area contributed by atoms with Gasteiger partial charge in [-0.15, -0.1) is 16.4 Å². The lowest BCUT2D eigenvalue weighted by Gasteiger charge is -2.13. The molecule has 0 bridgehead atoms. The molecule has 0 spiro atoms. The first kappa shape index (κ1) is 20.6. The molecule has 164 valence electrons. The summed E-state index contributed by atoms with van der Waals surface area (Å²) in [5.74, 6) is -0.142. The Morgan fingerprint density at radius 2 is 1.91 bits per heavy atom. The average Bonchev–Trinajstić information content (AvgIpc) is 3.57. The molecule has 1 saturated heterocycles. The number of carbonyl (C=O) groups excluding carboxylic acids is 3. The van der Waals surface area contributed by atoms with Gasteiger partial charge in [0.2, 0.25) is 11.7 Å². The van der Waals surface area contributed by atoms with E-state index in [1.807, 2.05) is 47.8 Å². The van der Waals surface area contributed by atoms with Crippen molar-refractivity contribution < 1.29 is 14.4 Å². The normalized spacial score (nSPS) is 13.3. The van der Waals surface area contributed by atoms with Gasteiger partial charge in [-0.2, -0.15) is 0 Å². The first-order valence-corrected chi connectivity index (χ1v) is 11.0. The summed E-state index contributed by atoms with van der Waals surface area (Å²) in [6.45, 7) is 0.120. The molecule has 3 heterocycles. The Hall–Kier alpha value is -4.31. The Morgan fingerprint density at radius 1 is 1.06 bits per heavy atom. The molecule has 2 aromatic carbocycles. The van der Waals surface area contributed by atoms with Gasteiger partial charge in [-0.05, 0) is 41.3 Å². The Balaban J connectivity index is 1.39. The molecule has 1 aliphatic rings. The third-order valence-electron chi connectivity index (χ3n) is 5.02. The number of nitrogens with zero attached hydrogens (tertiary/aromatic N) is 4. The quantitative estimate of drug-likeness (QED) is 0.431. The number of nitrogens with one attached hydrogen (secondary N) is 2. The molecule has 4 aromatic rings. The molecule has 0 saturated carbocycles. The van der Waals surface area contributed by atoms with Gasteiger partial charge in [0.1, 0.15) is 0 Å².